The van der Waals surface area contributed by atoms with E-state index >= 15 is 0 Å². The average molecular weight is 436 g/mol. The molecule has 0 radical (unpaired) electrons. The van der Waals surface area contributed by atoms with Crippen molar-refractivity contribution in [3.8, 4) is 0 Å². The Morgan fingerprint density at radius 2 is 1.58 bits per heavy atom. The van der Waals surface area contributed by atoms with Gasteiger partial charge in [0.2, 0.25) is 0 Å². The second-order valence-corrected chi connectivity index (χ2v) is 38.6. The van der Waals surface area contributed by atoms with Crippen LogP contribution < -0.4 is 0 Å². The van der Waals surface area contributed by atoms with Gasteiger partial charge in [0, 0.05) is 0 Å². The molecule has 2 aromatic rings. The van der Waals surface area contributed by atoms with Gasteiger partial charge in [-0.2, -0.15) is 0 Å². The molecular weight excluding hydrogens is 408 g/mol. The molecule has 0 spiro atoms. The van der Waals surface area contributed by atoms with E-state index in [-0.39, 0.29) is 0 Å². The van der Waals surface area contributed by atoms with E-state index in [2.05, 4.69) is 103 Å². The third kappa shape index (κ3) is 2.74. The number of fused-ring (bicyclic) bond motifs is 1. The molecule has 2 atom stereocenters. The van der Waals surface area contributed by atoms with Crippen LogP contribution in [0.3, 0.4) is 0 Å². The van der Waals surface area contributed by atoms with Gasteiger partial charge in [-0.3, -0.25) is 0 Å². The zero-order chi connectivity index (χ0) is 18.6. The van der Waals surface area contributed by atoms with Crippen LogP contribution in [0.4, 0.5) is 0 Å². The zero-order valence-corrected chi connectivity index (χ0v) is 20.2. The first-order chi connectivity index (χ1) is 12.3. The summed E-state index contributed by atoms with van der Waals surface area (Å²) in [5, 5.41) is 0. The Labute approximate surface area is 160 Å². The van der Waals surface area contributed by atoms with Crippen molar-refractivity contribution in [2.24, 2.45) is 5.92 Å². The van der Waals surface area contributed by atoms with Crippen LogP contribution in [0.25, 0.3) is 5.57 Å². The molecule has 0 saturated carbocycles. The van der Waals surface area contributed by atoms with Crippen molar-refractivity contribution in [2.75, 3.05) is 0 Å². The molecule has 0 amide bonds. The normalized spacial score (nSPS) is 22.6. The standard InChI is InChI=1S/C15H11.C7H9.2CH3.H2Si.Zr/c1-2-6-12(7-3-1)15-11-10-13-8-4-5-9-14(13)15;1-6-3-4-7(2)5-6;;;;/h1-11H;3-4,6H,1-2H3;2*1H3;1H2;. The zero-order valence-electron chi connectivity index (χ0n) is 16.3. The number of hydrogen-bond acceptors (Lipinski definition) is 0. The maximum absolute atomic E-state index is 3.19. The summed E-state index contributed by atoms with van der Waals surface area (Å²) in [6.07, 6.45) is 7.38. The Balaban J connectivity index is 1.94. The molecule has 2 aromatic carbocycles. The van der Waals surface area contributed by atoms with Crippen LogP contribution in [0.1, 0.15) is 34.2 Å². The topological polar surface area (TPSA) is 0 Å². The SMILES string of the molecule is CC1=[C]([Zr]([CH3])([CH3])(=[SiH2])[CH]2C=C(c3ccccc3)c3ccccc32)C(C)C=C1. The molecule has 4 rings (SSSR count). The molecule has 2 aliphatic rings. The molecule has 0 nitrogen and oxygen atoms in total. The Hall–Kier alpha value is -1.24. The fourth-order valence-electron chi connectivity index (χ4n) is 5.39. The first-order valence-electron chi connectivity index (χ1n) is 9.61. The van der Waals surface area contributed by atoms with Gasteiger partial charge in [-0.1, -0.05) is 0 Å². The molecule has 0 fully saturated rings. The predicted molar refractivity (Wildman–Crippen MR) is 114 cm³/mol. The van der Waals surface area contributed by atoms with Crippen molar-refractivity contribution in [1.82, 2.24) is 0 Å². The van der Waals surface area contributed by atoms with Crippen LogP contribution in [0.2, 0.25) is 9.26 Å². The van der Waals surface area contributed by atoms with E-state index in [1.807, 2.05) is 0 Å². The molecule has 26 heavy (non-hydrogen) atoms. The van der Waals surface area contributed by atoms with E-state index in [1.54, 1.807) is 8.84 Å². The second-order valence-electron chi connectivity index (χ2n) is 9.07. The summed E-state index contributed by atoms with van der Waals surface area (Å²) in [6, 6.07) is 20.0. The summed E-state index contributed by atoms with van der Waals surface area (Å²) >= 11 is -3.19. The number of allylic oxidation sites excluding steroid dienone is 5. The summed E-state index contributed by atoms with van der Waals surface area (Å²) < 4.78 is 7.69. The summed E-state index contributed by atoms with van der Waals surface area (Å²) in [5.41, 5.74) is 7.30. The molecular formula is C24H28SiZr. The molecule has 2 aliphatic carbocycles. The van der Waals surface area contributed by atoms with Crippen LogP contribution in [0.5, 0.6) is 0 Å². The molecule has 0 aromatic heterocycles. The van der Waals surface area contributed by atoms with Gasteiger partial charge in [0.25, 0.3) is 0 Å². The molecule has 0 heterocycles. The summed E-state index contributed by atoms with van der Waals surface area (Å²) in [6.45, 7) is 7.09. The van der Waals surface area contributed by atoms with Crippen LogP contribution in [-0.4, -0.2) is 6.88 Å². The third-order valence-electron chi connectivity index (χ3n) is 6.40. The minimum atomic E-state index is -3.19. The Kier molecular flexibility index (Phi) is 4.29. The second kappa shape index (κ2) is 6.14. The molecule has 0 bridgehead atoms. The van der Waals surface area contributed by atoms with E-state index in [0.717, 1.165) is 0 Å². The minimum absolute atomic E-state index is 0.577. The monoisotopic (exact) mass is 434 g/mol. The van der Waals surface area contributed by atoms with Gasteiger partial charge in [0.05, 0.1) is 0 Å². The molecule has 0 N–H and O–H groups in total. The van der Waals surface area contributed by atoms with Crippen LogP contribution >= 0.6 is 0 Å². The number of benzene rings is 2. The fraction of sp³-hybridized carbons (Fsp3) is 0.250. The Morgan fingerprint density at radius 1 is 0.923 bits per heavy atom. The van der Waals surface area contributed by atoms with Gasteiger partial charge in [0.1, 0.15) is 0 Å². The molecule has 2 heteroatoms. The van der Waals surface area contributed by atoms with Crippen molar-refractivity contribution in [3.63, 3.8) is 0 Å². The van der Waals surface area contributed by atoms with Crippen LogP contribution in [0.15, 0.2) is 81.7 Å². The van der Waals surface area contributed by atoms with E-state index in [1.165, 1.54) is 22.3 Å². The fourth-order valence-corrected chi connectivity index (χ4v) is 23.9. The average Bonchev–Trinajstić information content (AvgIpc) is 3.17. The summed E-state index contributed by atoms with van der Waals surface area (Å²) in [7, 11) is 0. The number of rotatable bonds is 3. The van der Waals surface area contributed by atoms with Crippen molar-refractivity contribution in [3.05, 3.63) is 98.4 Å². The van der Waals surface area contributed by atoms with Gasteiger partial charge in [-0.15, -0.1) is 0 Å². The van der Waals surface area contributed by atoms with Gasteiger partial charge in [0.15, 0.2) is 0 Å². The van der Waals surface area contributed by atoms with Gasteiger partial charge in [-0.25, -0.2) is 0 Å². The van der Waals surface area contributed by atoms with Crippen molar-refractivity contribution in [2.45, 2.75) is 26.7 Å². The van der Waals surface area contributed by atoms with E-state index in [4.69, 9.17) is 0 Å². The first-order valence-corrected chi connectivity index (χ1v) is 23.1. The van der Waals surface area contributed by atoms with Crippen LogP contribution in [0, 0.1) is 5.92 Å². The number of hydrogen-bond donors (Lipinski definition) is 0. The molecule has 0 aliphatic heterocycles. The third-order valence-corrected chi connectivity index (χ3v) is 23.8. The van der Waals surface area contributed by atoms with Crippen molar-refractivity contribution >= 4 is 12.5 Å². The van der Waals surface area contributed by atoms with Gasteiger partial charge >= 0.3 is 161 Å². The summed E-state index contributed by atoms with van der Waals surface area (Å²) in [4.78, 5) is 0. The van der Waals surface area contributed by atoms with E-state index in [0.29, 0.717) is 9.54 Å². The van der Waals surface area contributed by atoms with Gasteiger partial charge < -0.3 is 0 Å². The first kappa shape index (κ1) is 18.1. The van der Waals surface area contributed by atoms with E-state index in [9.17, 15) is 0 Å². The Morgan fingerprint density at radius 3 is 2.23 bits per heavy atom. The maximum atomic E-state index is 2.66. The van der Waals surface area contributed by atoms with E-state index < -0.39 is 17.4 Å². The quantitative estimate of drug-likeness (QED) is 0.520. The van der Waals surface area contributed by atoms with Gasteiger partial charge in [-0.05, 0) is 0 Å². The molecule has 0 saturated heterocycles. The molecule has 2 unspecified atom stereocenters. The van der Waals surface area contributed by atoms with Crippen molar-refractivity contribution < 1.29 is 17.4 Å². The van der Waals surface area contributed by atoms with Crippen LogP contribution in [-0.2, 0) is 17.4 Å². The Bertz CT molecular complexity index is 1030. The van der Waals surface area contributed by atoms with Crippen molar-refractivity contribution in [1.29, 1.82) is 0 Å². The molecule has 132 valence electrons. The predicted octanol–water partition coefficient (Wildman–Crippen LogP) is 5.99. The summed E-state index contributed by atoms with van der Waals surface area (Å²) in [5.74, 6) is 0.592.